The van der Waals surface area contributed by atoms with Crippen LogP contribution in [-0.2, 0) is 19.6 Å². The molecule has 9 heteroatoms. The molecule has 1 aliphatic rings. The molecule has 1 aliphatic heterocycles. The van der Waals surface area contributed by atoms with Crippen LogP contribution in [0.15, 0.2) is 54.7 Å². The van der Waals surface area contributed by atoms with Crippen molar-refractivity contribution in [2.45, 2.75) is 26.5 Å². The molecule has 0 bridgehead atoms. The van der Waals surface area contributed by atoms with Crippen molar-refractivity contribution in [1.29, 1.82) is 0 Å². The maximum atomic E-state index is 14.8. The molecule has 0 unspecified atom stereocenters. The molecule has 0 saturated carbocycles. The third kappa shape index (κ3) is 4.77. The fourth-order valence-corrected chi connectivity index (χ4v) is 4.64. The van der Waals surface area contributed by atoms with Crippen LogP contribution < -0.4 is 9.47 Å². The quantitative estimate of drug-likeness (QED) is 0.393. The fraction of sp³-hybridized carbons (Fsp3) is 0.250. The number of fused-ring (bicyclic) bond motifs is 1. The molecule has 190 valence electrons. The van der Waals surface area contributed by atoms with E-state index in [2.05, 4.69) is 10.00 Å². The van der Waals surface area contributed by atoms with E-state index in [0.29, 0.717) is 23.8 Å². The number of nitrogens with zero attached hydrogens (tertiary/aromatic N) is 4. The lowest BCUT2D eigenvalue weighted by atomic mass is 9.97. The zero-order valence-corrected chi connectivity index (χ0v) is 20.9. The lowest BCUT2D eigenvalue weighted by molar-refractivity contribution is 0.0693. The maximum absolute atomic E-state index is 14.8. The van der Waals surface area contributed by atoms with Crippen LogP contribution in [0.1, 0.15) is 32.6 Å². The topological polar surface area (TPSA) is 89.7 Å². The lowest BCUT2D eigenvalue weighted by Gasteiger charge is -2.26. The van der Waals surface area contributed by atoms with Crippen molar-refractivity contribution in [2.75, 3.05) is 20.7 Å². The molecule has 0 amide bonds. The van der Waals surface area contributed by atoms with Crippen molar-refractivity contribution in [3.63, 3.8) is 0 Å². The fourth-order valence-electron chi connectivity index (χ4n) is 4.64. The van der Waals surface area contributed by atoms with E-state index in [1.54, 1.807) is 18.2 Å². The Hall–Kier alpha value is -4.24. The number of hydrogen-bond donors (Lipinski definition) is 1. The third-order valence-electron chi connectivity index (χ3n) is 6.51. The van der Waals surface area contributed by atoms with Gasteiger partial charge in [0.1, 0.15) is 23.7 Å². The number of carboxylic acid groups (broad SMARTS) is 1. The summed E-state index contributed by atoms with van der Waals surface area (Å²) in [5, 5.41) is 13.6. The Morgan fingerprint density at radius 3 is 2.78 bits per heavy atom. The Kier molecular flexibility index (Phi) is 6.62. The summed E-state index contributed by atoms with van der Waals surface area (Å²) in [7, 11) is 3.38. The monoisotopic (exact) mass is 502 g/mol. The predicted molar refractivity (Wildman–Crippen MR) is 136 cm³/mol. The van der Waals surface area contributed by atoms with Gasteiger partial charge in [-0.1, -0.05) is 24.3 Å². The Morgan fingerprint density at radius 2 is 2.00 bits per heavy atom. The highest BCUT2D eigenvalue weighted by Gasteiger charge is 2.21. The number of hydrogen-bond acceptors (Lipinski definition) is 6. The lowest BCUT2D eigenvalue weighted by Crippen LogP contribution is -2.27. The normalized spacial score (nSPS) is 13.3. The number of para-hydroxylation sites is 1. The molecule has 37 heavy (non-hydrogen) atoms. The first kappa shape index (κ1) is 24.5. The molecule has 0 radical (unpaired) electrons. The summed E-state index contributed by atoms with van der Waals surface area (Å²) in [5.41, 5.74) is 4.80. The number of carboxylic acids is 1. The Bertz CT molecular complexity index is 1480. The number of aromatic nitrogens is 3. The van der Waals surface area contributed by atoms with Gasteiger partial charge in [0, 0.05) is 24.2 Å². The van der Waals surface area contributed by atoms with E-state index >= 15 is 0 Å². The summed E-state index contributed by atoms with van der Waals surface area (Å²) in [4.78, 5) is 18.3. The minimum absolute atomic E-state index is 0.0572. The first-order valence-corrected chi connectivity index (χ1v) is 11.9. The Balaban J connectivity index is 1.46. The summed E-state index contributed by atoms with van der Waals surface area (Å²) in [6, 6.07) is 14.7. The third-order valence-corrected chi connectivity index (χ3v) is 6.51. The highest BCUT2D eigenvalue weighted by Crippen LogP contribution is 2.34. The Labute approximate surface area is 213 Å². The number of likely N-dealkylation sites (N-methyl/N-ethyl adjacent to an activating group) is 1. The number of methoxy groups -OCH3 is 1. The van der Waals surface area contributed by atoms with E-state index in [0.717, 1.165) is 40.8 Å². The molecule has 4 aromatic rings. The minimum atomic E-state index is -1.14. The molecule has 0 saturated heterocycles. The van der Waals surface area contributed by atoms with Gasteiger partial charge < -0.3 is 19.5 Å². The second-order valence-electron chi connectivity index (χ2n) is 9.11. The number of rotatable bonds is 7. The van der Waals surface area contributed by atoms with E-state index in [-0.39, 0.29) is 23.9 Å². The molecular formula is C28H27FN4O4. The molecule has 2 aromatic carbocycles. The van der Waals surface area contributed by atoms with Crippen molar-refractivity contribution in [1.82, 2.24) is 19.7 Å². The summed E-state index contributed by atoms with van der Waals surface area (Å²) >= 11 is 0. The number of aromatic carboxylic acids is 1. The van der Waals surface area contributed by atoms with E-state index in [1.165, 1.54) is 18.0 Å². The molecule has 0 aliphatic carbocycles. The van der Waals surface area contributed by atoms with Crippen molar-refractivity contribution in [3.05, 3.63) is 88.4 Å². The highest BCUT2D eigenvalue weighted by molar-refractivity contribution is 5.90. The molecule has 8 nitrogen and oxygen atoms in total. The van der Waals surface area contributed by atoms with Gasteiger partial charge in [-0.15, -0.1) is 0 Å². The Morgan fingerprint density at radius 1 is 1.19 bits per heavy atom. The van der Waals surface area contributed by atoms with Gasteiger partial charge in [0.25, 0.3) is 0 Å². The average molecular weight is 503 g/mol. The second-order valence-corrected chi connectivity index (χ2v) is 9.11. The summed E-state index contributed by atoms with van der Waals surface area (Å²) in [5.74, 6) is -0.214. The first-order chi connectivity index (χ1) is 17.9. The van der Waals surface area contributed by atoms with Crippen LogP contribution in [0.5, 0.6) is 11.6 Å². The average Bonchev–Trinajstić information content (AvgIpc) is 3.33. The summed E-state index contributed by atoms with van der Waals surface area (Å²) in [6.45, 7) is 3.67. The van der Waals surface area contributed by atoms with Crippen LogP contribution >= 0.6 is 0 Å². The molecule has 0 fully saturated rings. The van der Waals surface area contributed by atoms with Gasteiger partial charge in [0.2, 0.25) is 5.88 Å². The standard InChI is InChI=1S/C28H27FN4O4/c1-17-6-4-7-20(24-8-5-9-25(31-24)33-27(36-3)21(14-30-33)28(34)35)26(17)37-16-18-12-19-10-11-32(2)15-22(19)23(29)13-18/h4-9,12-14H,10-11,15-16H2,1-3H3,(H,34,35). The number of pyridine rings is 1. The highest BCUT2D eigenvalue weighted by atomic mass is 19.1. The van der Waals surface area contributed by atoms with Gasteiger partial charge in [0.05, 0.1) is 19.0 Å². The van der Waals surface area contributed by atoms with Crippen molar-refractivity contribution in [3.8, 4) is 28.7 Å². The van der Waals surface area contributed by atoms with E-state index in [9.17, 15) is 14.3 Å². The zero-order valence-electron chi connectivity index (χ0n) is 20.9. The van der Waals surface area contributed by atoms with Gasteiger partial charge in [-0.3, -0.25) is 0 Å². The second kappa shape index (κ2) is 10.0. The molecule has 5 rings (SSSR count). The predicted octanol–water partition coefficient (Wildman–Crippen LogP) is 4.66. The van der Waals surface area contributed by atoms with Crippen molar-refractivity contribution < 1.29 is 23.8 Å². The number of aryl methyl sites for hydroxylation is 1. The molecule has 0 spiro atoms. The van der Waals surface area contributed by atoms with Gasteiger partial charge in [-0.25, -0.2) is 14.2 Å². The van der Waals surface area contributed by atoms with Crippen molar-refractivity contribution in [2.24, 2.45) is 0 Å². The smallest absolute Gasteiger partial charge is 0.342 e. The number of halogens is 1. The van der Waals surface area contributed by atoms with E-state index in [1.807, 2.05) is 44.3 Å². The van der Waals surface area contributed by atoms with Gasteiger partial charge >= 0.3 is 5.97 Å². The van der Waals surface area contributed by atoms with Gasteiger partial charge in [0.15, 0.2) is 5.82 Å². The molecular weight excluding hydrogens is 475 g/mol. The van der Waals surface area contributed by atoms with Crippen LogP contribution in [0.3, 0.4) is 0 Å². The largest absolute Gasteiger partial charge is 0.488 e. The van der Waals surface area contributed by atoms with Crippen LogP contribution in [0.4, 0.5) is 4.39 Å². The summed E-state index contributed by atoms with van der Waals surface area (Å²) < 4.78 is 27.7. The SMILES string of the molecule is COc1c(C(=O)O)cnn1-c1cccc(-c2cccc(C)c2OCc2cc(F)c3c(c2)CCN(C)C3)n1. The van der Waals surface area contributed by atoms with Crippen LogP contribution in [0, 0.1) is 12.7 Å². The number of carbonyl (C=O) groups is 1. The molecule has 2 aromatic heterocycles. The maximum Gasteiger partial charge on any atom is 0.342 e. The molecule has 1 N–H and O–H groups in total. The number of ether oxygens (including phenoxy) is 2. The molecule has 3 heterocycles. The van der Waals surface area contributed by atoms with Gasteiger partial charge in [-0.05, 0) is 61.3 Å². The zero-order chi connectivity index (χ0) is 26.1. The van der Waals surface area contributed by atoms with Crippen LogP contribution in [-0.4, -0.2) is 51.4 Å². The van der Waals surface area contributed by atoms with Gasteiger partial charge in [-0.2, -0.15) is 9.78 Å². The molecule has 0 atom stereocenters. The number of benzene rings is 2. The van der Waals surface area contributed by atoms with Crippen LogP contribution in [0.25, 0.3) is 17.1 Å². The summed E-state index contributed by atoms with van der Waals surface area (Å²) in [6.07, 6.45) is 2.04. The van der Waals surface area contributed by atoms with Crippen LogP contribution in [0.2, 0.25) is 0 Å². The van der Waals surface area contributed by atoms with E-state index < -0.39 is 5.97 Å². The van der Waals surface area contributed by atoms with E-state index in [4.69, 9.17) is 14.5 Å². The minimum Gasteiger partial charge on any atom is -0.488 e. The van der Waals surface area contributed by atoms with Crippen molar-refractivity contribution >= 4 is 5.97 Å². The first-order valence-electron chi connectivity index (χ1n) is 11.9.